The third-order valence-corrected chi connectivity index (χ3v) is 4.93. The Morgan fingerprint density at radius 3 is 2.18 bits per heavy atom. The molecule has 0 fully saturated rings. The van der Waals surface area contributed by atoms with Crippen molar-refractivity contribution in [2.45, 2.75) is 78.9 Å². The first kappa shape index (κ1) is 27.5. The van der Waals surface area contributed by atoms with Crippen molar-refractivity contribution in [1.29, 1.82) is 0 Å². The fourth-order valence-corrected chi connectivity index (χ4v) is 3.56. The maximum absolute atomic E-state index is 12.8. The highest BCUT2D eigenvalue weighted by Crippen LogP contribution is 2.25. The third-order valence-electron chi connectivity index (χ3n) is 4.62. The van der Waals surface area contributed by atoms with Crippen molar-refractivity contribution >= 4 is 23.5 Å². The standard InChI is InChI=1S/C26H34ClNO6/c1-15(2)32-20-8-9-21(22(27)13-20)25(29)28-14-19-11-18(7-10-23(19)33-16(3)4)12-24(26(30)31)34-17(5)6/h7-11,13,15-17,24H,12,14H2,1-6H3,(H,28,29)(H,30,31). The van der Waals surface area contributed by atoms with E-state index in [-0.39, 0.29) is 42.2 Å². The van der Waals surface area contributed by atoms with E-state index in [0.29, 0.717) is 17.1 Å². The summed E-state index contributed by atoms with van der Waals surface area (Å²) in [5.74, 6) is -0.157. The quantitative estimate of drug-likeness (QED) is 0.420. The Labute approximate surface area is 206 Å². The van der Waals surface area contributed by atoms with Gasteiger partial charge in [0.05, 0.1) is 28.9 Å². The number of ether oxygens (including phenoxy) is 3. The normalized spacial score (nSPS) is 12.2. The van der Waals surface area contributed by atoms with Crippen molar-refractivity contribution in [1.82, 2.24) is 5.32 Å². The minimum absolute atomic E-state index is 0.00550. The number of amides is 1. The van der Waals surface area contributed by atoms with Crippen LogP contribution in [0.2, 0.25) is 5.02 Å². The lowest BCUT2D eigenvalue weighted by atomic mass is 10.0. The molecule has 0 saturated heterocycles. The van der Waals surface area contributed by atoms with Gasteiger partial charge in [0.2, 0.25) is 0 Å². The molecular formula is C26H34ClNO6. The van der Waals surface area contributed by atoms with Crippen LogP contribution in [-0.2, 0) is 22.5 Å². The monoisotopic (exact) mass is 491 g/mol. The van der Waals surface area contributed by atoms with E-state index < -0.39 is 12.1 Å². The Hall–Kier alpha value is -2.77. The van der Waals surface area contributed by atoms with Gasteiger partial charge in [-0.15, -0.1) is 0 Å². The molecule has 0 aliphatic rings. The predicted octanol–water partition coefficient (Wildman–Crippen LogP) is 5.27. The molecule has 2 rings (SSSR count). The molecule has 0 radical (unpaired) electrons. The number of hydrogen-bond acceptors (Lipinski definition) is 5. The maximum atomic E-state index is 12.8. The van der Waals surface area contributed by atoms with E-state index in [1.807, 2.05) is 39.8 Å². The minimum atomic E-state index is -1.02. The van der Waals surface area contributed by atoms with Crippen LogP contribution in [0.25, 0.3) is 0 Å². The molecule has 0 spiro atoms. The zero-order valence-electron chi connectivity index (χ0n) is 20.6. The highest BCUT2D eigenvalue weighted by molar-refractivity contribution is 6.34. The first-order valence-electron chi connectivity index (χ1n) is 11.4. The molecule has 8 heteroatoms. The van der Waals surface area contributed by atoms with Crippen molar-refractivity contribution in [3.63, 3.8) is 0 Å². The Kier molecular flexibility index (Phi) is 10.2. The van der Waals surface area contributed by atoms with Gasteiger partial charge < -0.3 is 24.6 Å². The van der Waals surface area contributed by atoms with Crippen molar-refractivity contribution in [3.8, 4) is 11.5 Å². The number of carboxylic acids is 1. The summed E-state index contributed by atoms with van der Waals surface area (Å²) >= 11 is 6.31. The largest absolute Gasteiger partial charge is 0.491 e. The Bertz CT molecular complexity index is 989. The molecule has 0 heterocycles. The van der Waals surface area contributed by atoms with Gasteiger partial charge in [-0.05, 0) is 71.4 Å². The number of rotatable bonds is 12. The van der Waals surface area contributed by atoms with Gasteiger partial charge in [0.25, 0.3) is 5.91 Å². The minimum Gasteiger partial charge on any atom is -0.491 e. The highest BCUT2D eigenvalue weighted by atomic mass is 35.5. The zero-order chi connectivity index (χ0) is 25.4. The first-order valence-corrected chi connectivity index (χ1v) is 11.7. The molecule has 0 aromatic heterocycles. The van der Waals surface area contributed by atoms with Crippen LogP contribution in [0.1, 0.15) is 63.0 Å². The van der Waals surface area contributed by atoms with E-state index in [9.17, 15) is 14.7 Å². The van der Waals surface area contributed by atoms with Crippen LogP contribution in [0.4, 0.5) is 0 Å². The van der Waals surface area contributed by atoms with Gasteiger partial charge in [-0.3, -0.25) is 4.79 Å². The molecule has 2 aromatic rings. The molecule has 0 saturated carbocycles. The fourth-order valence-electron chi connectivity index (χ4n) is 3.30. The number of carbonyl (C=O) groups excluding carboxylic acids is 1. The van der Waals surface area contributed by atoms with Gasteiger partial charge in [-0.1, -0.05) is 23.7 Å². The summed E-state index contributed by atoms with van der Waals surface area (Å²) in [7, 11) is 0. The lowest BCUT2D eigenvalue weighted by Crippen LogP contribution is -2.29. The molecule has 7 nitrogen and oxygen atoms in total. The van der Waals surface area contributed by atoms with E-state index in [1.165, 1.54) is 0 Å². The van der Waals surface area contributed by atoms with Crippen LogP contribution in [-0.4, -0.2) is 41.4 Å². The van der Waals surface area contributed by atoms with Crippen LogP contribution in [0.5, 0.6) is 11.5 Å². The summed E-state index contributed by atoms with van der Waals surface area (Å²) in [6.07, 6.45) is -1.07. The van der Waals surface area contributed by atoms with Gasteiger partial charge >= 0.3 is 5.97 Å². The Morgan fingerprint density at radius 2 is 1.62 bits per heavy atom. The SMILES string of the molecule is CC(C)Oc1ccc(C(=O)NCc2cc(CC(OC(C)C)C(=O)O)ccc2OC(C)C)c(Cl)c1. The van der Waals surface area contributed by atoms with Gasteiger partial charge in [0.15, 0.2) is 6.10 Å². The predicted molar refractivity (Wildman–Crippen MR) is 132 cm³/mol. The van der Waals surface area contributed by atoms with Gasteiger partial charge in [0, 0.05) is 18.5 Å². The van der Waals surface area contributed by atoms with Crippen molar-refractivity contribution < 1.29 is 28.9 Å². The lowest BCUT2D eigenvalue weighted by molar-refractivity contribution is -0.153. The molecule has 0 bridgehead atoms. The molecule has 34 heavy (non-hydrogen) atoms. The molecule has 0 aliphatic carbocycles. The van der Waals surface area contributed by atoms with E-state index in [2.05, 4.69) is 5.32 Å². The van der Waals surface area contributed by atoms with Crippen LogP contribution in [0.3, 0.4) is 0 Å². The van der Waals surface area contributed by atoms with Crippen LogP contribution < -0.4 is 14.8 Å². The average molecular weight is 492 g/mol. The van der Waals surface area contributed by atoms with E-state index >= 15 is 0 Å². The average Bonchev–Trinajstić information content (AvgIpc) is 2.71. The number of aliphatic carboxylic acids is 1. The van der Waals surface area contributed by atoms with Crippen LogP contribution in [0.15, 0.2) is 36.4 Å². The molecule has 2 aromatic carbocycles. The van der Waals surface area contributed by atoms with Gasteiger partial charge in [-0.25, -0.2) is 4.79 Å². The Balaban J connectivity index is 2.21. The number of hydrogen-bond donors (Lipinski definition) is 2. The Morgan fingerprint density at radius 1 is 0.941 bits per heavy atom. The molecular weight excluding hydrogens is 458 g/mol. The number of nitrogens with one attached hydrogen (secondary N) is 1. The van der Waals surface area contributed by atoms with Gasteiger partial charge in [-0.2, -0.15) is 0 Å². The van der Waals surface area contributed by atoms with Crippen LogP contribution in [0, 0.1) is 0 Å². The smallest absolute Gasteiger partial charge is 0.333 e. The lowest BCUT2D eigenvalue weighted by Gasteiger charge is -2.19. The molecule has 1 atom stereocenters. The summed E-state index contributed by atoms with van der Waals surface area (Å²) in [6, 6.07) is 10.4. The number of carbonyl (C=O) groups is 2. The highest BCUT2D eigenvalue weighted by Gasteiger charge is 2.21. The third kappa shape index (κ3) is 8.54. The molecule has 186 valence electrons. The topological polar surface area (TPSA) is 94.1 Å². The molecule has 0 aliphatic heterocycles. The van der Waals surface area contributed by atoms with E-state index in [1.54, 1.807) is 38.1 Å². The summed E-state index contributed by atoms with van der Waals surface area (Å²) < 4.78 is 17.0. The molecule has 1 amide bonds. The summed E-state index contributed by atoms with van der Waals surface area (Å²) in [5, 5.41) is 12.7. The zero-order valence-corrected chi connectivity index (χ0v) is 21.3. The van der Waals surface area contributed by atoms with E-state index in [0.717, 1.165) is 11.1 Å². The summed E-state index contributed by atoms with van der Waals surface area (Å²) in [4.78, 5) is 24.4. The fraction of sp³-hybridized carbons (Fsp3) is 0.462. The van der Waals surface area contributed by atoms with Crippen molar-refractivity contribution in [2.75, 3.05) is 0 Å². The number of benzene rings is 2. The van der Waals surface area contributed by atoms with Crippen molar-refractivity contribution in [2.24, 2.45) is 0 Å². The number of carboxylic acid groups (broad SMARTS) is 1. The molecule has 2 N–H and O–H groups in total. The molecule has 1 unspecified atom stereocenters. The van der Waals surface area contributed by atoms with E-state index in [4.69, 9.17) is 25.8 Å². The van der Waals surface area contributed by atoms with Crippen molar-refractivity contribution in [3.05, 3.63) is 58.1 Å². The first-order chi connectivity index (χ1) is 16.0. The second-order valence-electron chi connectivity index (χ2n) is 8.82. The summed E-state index contributed by atoms with van der Waals surface area (Å²) in [6.45, 7) is 11.4. The maximum Gasteiger partial charge on any atom is 0.333 e. The van der Waals surface area contributed by atoms with Gasteiger partial charge in [0.1, 0.15) is 11.5 Å². The second-order valence-corrected chi connectivity index (χ2v) is 9.22. The summed E-state index contributed by atoms with van der Waals surface area (Å²) in [5.41, 5.74) is 1.82. The van der Waals surface area contributed by atoms with Crippen LogP contribution >= 0.6 is 11.6 Å². The second kappa shape index (κ2) is 12.6. The number of halogens is 1.